The Hall–Kier alpha value is 0.801. The largest absolute Gasteiger partial charge is 0.313 e. The van der Waals surface area contributed by atoms with Gasteiger partial charge in [-0.15, -0.1) is 0 Å². The Morgan fingerprint density at radius 2 is 1.18 bits per heavy atom. The molecule has 0 atom stereocenters. The maximum absolute atomic E-state index is 5.36. The number of hydrogen-bond acceptors (Lipinski definition) is 1. The second-order valence-electron chi connectivity index (χ2n) is 7.30. The maximum atomic E-state index is 5.36. The minimum atomic E-state index is -1.39. The SMILES string of the molecule is CN1[Si](C)(C)[Si](C)(C)N(C)P1(C)=N[Si](C)(C)C. The summed E-state index contributed by atoms with van der Waals surface area (Å²) in [5.74, 6) is 0. The van der Waals surface area contributed by atoms with Crippen molar-refractivity contribution in [2.45, 2.75) is 45.8 Å². The molecule has 1 heterocycles. The molecule has 0 saturated carbocycles. The van der Waals surface area contributed by atoms with Crippen molar-refractivity contribution in [2.75, 3.05) is 20.8 Å². The third-order valence-corrected chi connectivity index (χ3v) is 34.6. The van der Waals surface area contributed by atoms with Crippen molar-refractivity contribution in [1.82, 2.24) is 8.67 Å². The second-order valence-corrected chi connectivity index (χ2v) is 31.1. The average Bonchev–Trinajstić information content (AvgIpc) is 2.17. The standard InChI is InChI=1S/C10H30N3PSi3/c1-12-14(3,11-15(4,5)6)13(2)17(9,10)16(12,7)8/h1-10H3. The highest BCUT2D eigenvalue weighted by atomic mass is 31.2. The van der Waals surface area contributed by atoms with Gasteiger partial charge in [-0.3, -0.25) is 8.67 Å². The highest BCUT2D eigenvalue weighted by molar-refractivity contribution is 7.74. The van der Waals surface area contributed by atoms with Crippen molar-refractivity contribution in [3.05, 3.63) is 0 Å². The lowest BCUT2D eigenvalue weighted by Gasteiger charge is -2.35. The summed E-state index contributed by atoms with van der Waals surface area (Å²) in [6.45, 7) is 19.7. The Morgan fingerprint density at radius 3 is 1.41 bits per heavy atom. The van der Waals surface area contributed by atoms with Crippen molar-refractivity contribution in [1.29, 1.82) is 0 Å². The minimum absolute atomic E-state index is 1.29. The summed E-state index contributed by atoms with van der Waals surface area (Å²) in [4.78, 5) is 0. The van der Waals surface area contributed by atoms with Crippen LogP contribution in [0.15, 0.2) is 4.41 Å². The van der Waals surface area contributed by atoms with Gasteiger partial charge in [0.2, 0.25) is 0 Å². The van der Waals surface area contributed by atoms with Crippen LogP contribution in [0.25, 0.3) is 0 Å². The monoisotopic (exact) mass is 307 g/mol. The topological polar surface area (TPSA) is 18.8 Å². The van der Waals surface area contributed by atoms with E-state index in [-0.39, 0.29) is 0 Å². The van der Waals surface area contributed by atoms with Gasteiger partial charge in [-0.1, -0.05) is 26.2 Å². The molecule has 0 aromatic rings. The van der Waals surface area contributed by atoms with Crippen LogP contribution < -0.4 is 0 Å². The van der Waals surface area contributed by atoms with Gasteiger partial charge in [0.05, 0.1) is 7.36 Å². The van der Waals surface area contributed by atoms with Crippen LogP contribution in [0.3, 0.4) is 0 Å². The summed E-state index contributed by atoms with van der Waals surface area (Å²) in [7, 11) is -0.646. The third kappa shape index (κ3) is 2.32. The fourth-order valence-electron chi connectivity index (χ4n) is 2.64. The molecule has 102 valence electrons. The molecule has 1 saturated heterocycles. The van der Waals surface area contributed by atoms with Crippen LogP contribution in [-0.2, 0) is 0 Å². The molecule has 7 heteroatoms. The Morgan fingerprint density at radius 1 is 0.882 bits per heavy atom. The highest BCUT2D eigenvalue weighted by Gasteiger charge is 2.60. The van der Waals surface area contributed by atoms with Gasteiger partial charge in [0.15, 0.2) is 8.24 Å². The van der Waals surface area contributed by atoms with Gasteiger partial charge >= 0.3 is 0 Å². The van der Waals surface area contributed by atoms with E-state index in [1.165, 1.54) is 0 Å². The first-order valence-electron chi connectivity index (χ1n) is 6.36. The fraction of sp³-hybridized carbons (Fsp3) is 1.00. The minimum Gasteiger partial charge on any atom is -0.313 e. The zero-order valence-corrected chi connectivity index (χ0v) is 17.2. The van der Waals surface area contributed by atoms with E-state index in [0.717, 1.165) is 0 Å². The molecular formula is C10H30N3PSi3. The summed E-state index contributed by atoms with van der Waals surface area (Å²) < 4.78 is 10.8. The van der Waals surface area contributed by atoms with E-state index >= 15 is 0 Å². The quantitative estimate of drug-likeness (QED) is 0.541. The number of rotatable bonds is 1. The Kier molecular flexibility index (Phi) is 3.87. The molecule has 0 radical (unpaired) electrons. The number of nitrogens with zero attached hydrogens (tertiary/aromatic N) is 3. The lowest BCUT2D eigenvalue weighted by Crippen LogP contribution is -2.62. The van der Waals surface area contributed by atoms with Crippen LogP contribution in [0.4, 0.5) is 0 Å². The summed E-state index contributed by atoms with van der Waals surface area (Å²) in [6.07, 6.45) is 0. The maximum Gasteiger partial charge on any atom is 0.173 e. The van der Waals surface area contributed by atoms with Crippen LogP contribution >= 0.6 is 7.36 Å². The number of hydrogen-bond donors (Lipinski definition) is 0. The molecule has 0 aromatic carbocycles. The zero-order chi connectivity index (χ0) is 13.9. The first kappa shape index (κ1) is 15.9. The molecule has 1 fully saturated rings. The Labute approximate surface area is 111 Å². The molecule has 0 N–H and O–H groups in total. The normalized spacial score (nSPS) is 28.4. The molecule has 1 aliphatic rings. The van der Waals surface area contributed by atoms with E-state index < -0.39 is 31.1 Å². The Bertz CT molecular complexity index is 349. The van der Waals surface area contributed by atoms with Gasteiger partial charge in [-0.2, -0.15) is 0 Å². The van der Waals surface area contributed by atoms with Gasteiger partial charge in [-0.25, -0.2) is 0 Å². The fourth-order valence-corrected chi connectivity index (χ4v) is 32.3. The molecule has 1 rings (SSSR count). The summed E-state index contributed by atoms with van der Waals surface area (Å²) in [5, 5.41) is 0. The van der Waals surface area contributed by atoms with Crippen LogP contribution in [0.5, 0.6) is 0 Å². The van der Waals surface area contributed by atoms with Crippen molar-refractivity contribution in [3.8, 4) is 0 Å². The van der Waals surface area contributed by atoms with Crippen LogP contribution in [-0.4, -0.2) is 53.2 Å². The Balaban J connectivity index is 3.45. The molecule has 3 nitrogen and oxygen atoms in total. The first-order chi connectivity index (χ1) is 7.27. The van der Waals surface area contributed by atoms with Crippen LogP contribution in [0.1, 0.15) is 0 Å². The van der Waals surface area contributed by atoms with E-state index in [0.29, 0.717) is 0 Å². The molecular weight excluding hydrogens is 277 g/mol. The lowest BCUT2D eigenvalue weighted by atomic mass is 11.6. The lowest BCUT2D eigenvalue weighted by molar-refractivity contribution is 0.760. The van der Waals surface area contributed by atoms with Gasteiger partial charge in [0.25, 0.3) is 0 Å². The van der Waals surface area contributed by atoms with E-state index in [1.807, 2.05) is 0 Å². The van der Waals surface area contributed by atoms with Gasteiger partial charge in [-0.05, 0) is 40.4 Å². The predicted octanol–water partition coefficient (Wildman–Crippen LogP) is 3.85. The van der Waals surface area contributed by atoms with E-state index in [1.54, 1.807) is 0 Å². The smallest absolute Gasteiger partial charge is 0.173 e. The van der Waals surface area contributed by atoms with E-state index in [9.17, 15) is 0 Å². The molecule has 0 aromatic heterocycles. The van der Waals surface area contributed by atoms with Crippen molar-refractivity contribution in [3.63, 3.8) is 0 Å². The summed E-state index contributed by atoms with van der Waals surface area (Å²) >= 11 is 0. The molecule has 0 amide bonds. The predicted molar refractivity (Wildman–Crippen MR) is 89.1 cm³/mol. The zero-order valence-electron chi connectivity index (χ0n) is 13.3. The molecule has 0 bridgehead atoms. The van der Waals surface area contributed by atoms with Crippen LogP contribution in [0.2, 0.25) is 45.8 Å². The van der Waals surface area contributed by atoms with Crippen molar-refractivity contribution < 1.29 is 0 Å². The summed E-state index contributed by atoms with van der Waals surface area (Å²) in [5.41, 5.74) is 0. The molecule has 0 spiro atoms. The van der Waals surface area contributed by atoms with Crippen LogP contribution in [0, 0.1) is 0 Å². The third-order valence-electron chi connectivity index (χ3n) is 4.74. The van der Waals surface area contributed by atoms with Gasteiger partial charge < -0.3 is 4.41 Å². The molecule has 1 aliphatic heterocycles. The van der Waals surface area contributed by atoms with Gasteiger partial charge in [0, 0.05) is 0 Å². The highest BCUT2D eigenvalue weighted by Crippen LogP contribution is 2.64. The second kappa shape index (κ2) is 4.15. The average molecular weight is 308 g/mol. The van der Waals surface area contributed by atoms with E-state index in [2.05, 4.69) is 75.3 Å². The summed E-state index contributed by atoms with van der Waals surface area (Å²) in [6, 6.07) is 0. The first-order valence-corrected chi connectivity index (χ1v) is 18.8. The van der Waals surface area contributed by atoms with Crippen molar-refractivity contribution >= 4 is 31.1 Å². The molecule has 0 aliphatic carbocycles. The van der Waals surface area contributed by atoms with Crippen molar-refractivity contribution in [2.24, 2.45) is 4.41 Å². The molecule has 0 unspecified atom stereocenters. The van der Waals surface area contributed by atoms with E-state index in [4.69, 9.17) is 4.41 Å². The molecule has 17 heavy (non-hydrogen) atoms. The van der Waals surface area contributed by atoms with Gasteiger partial charge in [0.1, 0.15) is 15.5 Å².